The minimum Gasteiger partial charge on any atom is -0.488 e. The number of hydrogen-bond donors (Lipinski definition) is 1. The average molecular weight is 450 g/mol. The average Bonchev–Trinajstić information content (AvgIpc) is 2.86. The van der Waals surface area contributed by atoms with Crippen LogP contribution in [0.25, 0.3) is 11.0 Å². The molecule has 174 valence electrons. The van der Waals surface area contributed by atoms with Crippen LogP contribution < -0.4 is 19.9 Å². The van der Waals surface area contributed by atoms with E-state index in [1.807, 2.05) is 25.1 Å². The number of ether oxygens (including phenoxy) is 2. The molecule has 2 fully saturated rings. The van der Waals surface area contributed by atoms with Crippen molar-refractivity contribution in [3.8, 4) is 5.75 Å². The number of nitrogens with one attached hydrogen (secondary N) is 1. The lowest BCUT2D eigenvalue weighted by Gasteiger charge is -2.31. The molecule has 1 aliphatic heterocycles. The molecule has 0 radical (unpaired) electrons. The van der Waals surface area contributed by atoms with E-state index in [-0.39, 0.29) is 6.10 Å². The molecule has 2 aliphatic rings. The maximum atomic E-state index is 6.52. The summed E-state index contributed by atoms with van der Waals surface area (Å²) in [6, 6.07) is 6.48. The summed E-state index contributed by atoms with van der Waals surface area (Å²) < 4.78 is 12.0. The molecule has 1 aliphatic carbocycles. The molecule has 1 N–H and O–H groups in total. The summed E-state index contributed by atoms with van der Waals surface area (Å²) >= 11 is 0. The van der Waals surface area contributed by atoms with Crippen LogP contribution in [0.1, 0.15) is 25.7 Å². The van der Waals surface area contributed by atoms with Crippen molar-refractivity contribution in [1.29, 1.82) is 0 Å². The third-order valence-electron chi connectivity index (χ3n) is 6.30. The summed E-state index contributed by atoms with van der Waals surface area (Å²) in [5.74, 6) is 2.41. The van der Waals surface area contributed by atoms with Crippen LogP contribution in [0.3, 0.4) is 0 Å². The van der Waals surface area contributed by atoms with Gasteiger partial charge in [-0.2, -0.15) is 4.98 Å². The van der Waals surface area contributed by atoms with Gasteiger partial charge in [-0.05, 0) is 37.8 Å². The molecule has 3 aromatic rings. The molecule has 0 atom stereocenters. The van der Waals surface area contributed by atoms with Crippen molar-refractivity contribution in [2.24, 2.45) is 0 Å². The van der Waals surface area contributed by atoms with E-state index in [1.165, 1.54) is 0 Å². The van der Waals surface area contributed by atoms with Gasteiger partial charge >= 0.3 is 0 Å². The molecule has 3 heterocycles. The molecule has 0 spiro atoms. The Hall–Kier alpha value is -3.20. The Morgan fingerprint density at radius 1 is 1.00 bits per heavy atom. The van der Waals surface area contributed by atoms with Crippen LogP contribution >= 0.6 is 0 Å². The molecule has 9 heteroatoms. The van der Waals surface area contributed by atoms with Crippen molar-refractivity contribution in [2.75, 3.05) is 55.5 Å². The fourth-order valence-electron chi connectivity index (χ4n) is 4.48. The standard InChI is InChI=1S/C24H31N7O2/c1-30(2)22-7-8-27-24(29-22)28-17-3-5-19(6-4-17)33-21-16-18(31-11-13-32-14-12-31)15-20-23(21)26-10-9-25-20/h7-10,15-17,19H,3-6,11-14H2,1-2H3,(H,27,28,29)/t17-,19+. The second kappa shape index (κ2) is 9.74. The third kappa shape index (κ3) is 5.08. The first-order chi connectivity index (χ1) is 16.2. The molecule has 0 unspecified atom stereocenters. The SMILES string of the molecule is CN(C)c1ccnc(N[C@H]2CC[C@@H](Oc3cc(N4CCOCC4)cc4nccnc34)CC2)n1. The quantitative estimate of drug-likeness (QED) is 0.610. The Bertz CT molecular complexity index is 1080. The highest BCUT2D eigenvalue weighted by atomic mass is 16.5. The highest BCUT2D eigenvalue weighted by Gasteiger charge is 2.24. The van der Waals surface area contributed by atoms with Crippen LogP contribution in [0.4, 0.5) is 17.5 Å². The van der Waals surface area contributed by atoms with Gasteiger partial charge < -0.3 is 24.6 Å². The number of aromatic nitrogens is 4. The Kier molecular flexibility index (Phi) is 6.39. The number of anilines is 3. The molecular formula is C24H31N7O2. The van der Waals surface area contributed by atoms with Crippen LogP contribution in [-0.4, -0.2) is 72.5 Å². The van der Waals surface area contributed by atoms with Gasteiger partial charge in [0.1, 0.15) is 17.1 Å². The zero-order chi connectivity index (χ0) is 22.6. The van der Waals surface area contributed by atoms with E-state index in [2.05, 4.69) is 42.3 Å². The van der Waals surface area contributed by atoms with E-state index in [0.29, 0.717) is 12.0 Å². The molecule has 5 rings (SSSR count). The molecule has 1 saturated carbocycles. The number of nitrogens with zero attached hydrogens (tertiary/aromatic N) is 6. The van der Waals surface area contributed by atoms with Crippen molar-refractivity contribution >= 4 is 28.5 Å². The Balaban J connectivity index is 1.26. The van der Waals surface area contributed by atoms with Crippen LogP contribution in [0.15, 0.2) is 36.8 Å². The van der Waals surface area contributed by atoms with Gasteiger partial charge in [0.05, 0.1) is 24.8 Å². The predicted octanol–water partition coefficient (Wildman–Crippen LogP) is 3.12. The molecule has 0 bridgehead atoms. The number of morpholine rings is 1. The predicted molar refractivity (Wildman–Crippen MR) is 129 cm³/mol. The molecule has 0 amide bonds. The van der Waals surface area contributed by atoms with Gasteiger partial charge in [0, 0.05) is 63.6 Å². The fraction of sp³-hybridized carbons (Fsp3) is 0.500. The van der Waals surface area contributed by atoms with Crippen LogP contribution in [0.2, 0.25) is 0 Å². The Labute approximate surface area is 194 Å². The minimum atomic E-state index is 0.155. The molecule has 2 aromatic heterocycles. The maximum absolute atomic E-state index is 6.52. The molecule has 9 nitrogen and oxygen atoms in total. The normalized spacial score (nSPS) is 21.1. The lowest BCUT2D eigenvalue weighted by Crippen LogP contribution is -2.36. The van der Waals surface area contributed by atoms with Crippen molar-refractivity contribution in [3.63, 3.8) is 0 Å². The van der Waals surface area contributed by atoms with Gasteiger partial charge in [0.25, 0.3) is 0 Å². The Morgan fingerprint density at radius 3 is 2.58 bits per heavy atom. The van der Waals surface area contributed by atoms with Crippen LogP contribution in [0, 0.1) is 0 Å². The zero-order valence-corrected chi connectivity index (χ0v) is 19.3. The van der Waals surface area contributed by atoms with Crippen molar-refractivity contribution in [1.82, 2.24) is 19.9 Å². The van der Waals surface area contributed by atoms with Crippen molar-refractivity contribution in [3.05, 3.63) is 36.8 Å². The fourth-order valence-corrected chi connectivity index (χ4v) is 4.48. The third-order valence-corrected chi connectivity index (χ3v) is 6.30. The van der Waals surface area contributed by atoms with E-state index in [0.717, 1.165) is 80.3 Å². The summed E-state index contributed by atoms with van der Waals surface area (Å²) in [5, 5.41) is 3.50. The lowest BCUT2D eigenvalue weighted by molar-refractivity contribution is 0.122. The first-order valence-corrected chi connectivity index (χ1v) is 11.7. The van der Waals surface area contributed by atoms with Crippen molar-refractivity contribution < 1.29 is 9.47 Å². The summed E-state index contributed by atoms with van der Waals surface area (Å²) in [4.78, 5) is 22.4. The molecule has 1 aromatic carbocycles. The van der Waals surface area contributed by atoms with Gasteiger partial charge in [-0.15, -0.1) is 0 Å². The number of fused-ring (bicyclic) bond motifs is 1. The summed E-state index contributed by atoms with van der Waals surface area (Å²) in [5.41, 5.74) is 2.81. The molecule has 33 heavy (non-hydrogen) atoms. The second-order valence-corrected chi connectivity index (χ2v) is 8.84. The topological polar surface area (TPSA) is 88.5 Å². The van der Waals surface area contributed by atoms with E-state index in [1.54, 1.807) is 18.6 Å². The highest BCUT2D eigenvalue weighted by Crippen LogP contribution is 2.33. The first-order valence-electron chi connectivity index (χ1n) is 11.7. The number of hydrogen-bond acceptors (Lipinski definition) is 9. The van der Waals surface area contributed by atoms with Gasteiger partial charge in [-0.1, -0.05) is 0 Å². The van der Waals surface area contributed by atoms with Gasteiger partial charge in [0.2, 0.25) is 5.95 Å². The Morgan fingerprint density at radius 2 is 1.79 bits per heavy atom. The van der Waals surface area contributed by atoms with Gasteiger partial charge in [0.15, 0.2) is 0 Å². The van der Waals surface area contributed by atoms with E-state index < -0.39 is 0 Å². The second-order valence-electron chi connectivity index (χ2n) is 8.84. The summed E-state index contributed by atoms with van der Waals surface area (Å²) in [6.07, 6.45) is 9.37. The highest BCUT2D eigenvalue weighted by molar-refractivity contribution is 5.85. The van der Waals surface area contributed by atoms with Crippen LogP contribution in [0.5, 0.6) is 5.75 Å². The van der Waals surface area contributed by atoms with Gasteiger partial charge in [-0.25, -0.2) is 9.97 Å². The summed E-state index contributed by atoms with van der Waals surface area (Å²) in [7, 11) is 3.97. The number of rotatable bonds is 6. The van der Waals surface area contributed by atoms with E-state index in [9.17, 15) is 0 Å². The molecular weight excluding hydrogens is 418 g/mol. The van der Waals surface area contributed by atoms with Gasteiger partial charge in [-0.3, -0.25) is 4.98 Å². The number of benzene rings is 1. The molecule has 1 saturated heterocycles. The van der Waals surface area contributed by atoms with Crippen molar-refractivity contribution in [2.45, 2.75) is 37.8 Å². The summed E-state index contributed by atoms with van der Waals surface area (Å²) in [6.45, 7) is 3.23. The first kappa shape index (κ1) is 21.6. The maximum Gasteiger partial charge on any atom is 0.224 e. The minimum absolute atomic E-state index is 0.155. The van der Waals surface area contributed by atoms with Crippen LogP contribution in [-0.2, 0) is 4.74 Å². The van der Waals surface area contributed by atoms with E-state index in [4.69, 9.17) is 9.47 Å². The lowest BCUT2D eigenvalue weighted by atomic mass is 9.93. The zero-order valence-electron chi connectivity index (χ0n) is 19.3. The van der Waals surface area contributed by atoms with E-state index >= 15 is 0 Å². The monoisotopic (exact) mass is 449 g/mol. The largest absolute Gasteiger partial charge is 0.488 e. The smallest absolute Gasteiger partial charge is 0.224 e.